The Morgan fingerprint density at radius 1 is 1.12 bits per heavy atom. The number of hydrogen-bond donors (Lipinski definition) is 2. The number of halogens is 1. The summed E-state index contributed by atoms with van der Waals surface area (Å²) in [6.45, 7) is -0.174. The average Bonchev–Trinajstić information content (AvgIpc) is 2.39. The highest BCUT2D eigenvalue weighted by Crippen LogP contribution is 2.35. The lowest BCUT2D eigenvalue weighted by atomic mass is 9.88. The fraction of sp³-hybridized carbons (Fsp3) is 0.154. The van der Waals surface area contributed by atoms with Crippen LogP contribution in [0.5, 0.6) is 0 Å². The molecule has 0 aliphatic carbocycles. The number of alkyl halides is 1. The Balaban J connectivity index is 2.56. The van der Waals surface area contributed by atoms with Crippen molar-refractivity contribution in [2.75, 3.05) is 12.3 Å². The van der Waals surface area contributed by atoms with Gasteiger partial charge in [0.25, 0.3) is 0 Å². The van der Waals surface area contributed by atoms with Gasteiger partial charge in [0.05, 0.1) is 0 Å². The molecule has 4 N–H and O–H groups in total. The Labute approximate surface area is 99.3 Å². The van der Waals surface area contributed by atoms with Crippen LogP contribution in [0.1, 0.15) is 11.1 Å². The second-order valence-corrected chi connectivity index (χ2v) is 3.81. The Bertz CT molecular complexity index is 501. The molecule has 0 bridgehead atoms. The Morgan fingerprint density at radius 2 is 1.82 bits per heavy atom. The molecule has 0 radical (unpaired) electrons. The standard InChI is InChI=1S/C13H14FN3/c14-13(9-15,10-5-2-1-3-6-10)11-7-4-8-17-12(11)16/h1-8H,9,15H2,(H2,16,17). The summed E-state index contributed by atoms with van der Waals surface area (Å²) in [5, 5.41) is 0. The molecule has 0 saturated heterocycles. The van der Waals surface area contributed by atoms with Gasteiger partial charge in [-0.15, -0.1) is 0 Å². The summed E-state index contributed by atoms with van der Waals surface area (Å²) in [7, 11) is 0. The quantitative estimate of drug-likeness (QED) is 0.847. The van der Waals surface area contributed by atoms with Crippen molar-refractivity contribution in [3.05, 3.63) is 59.8 Å². The zero-order valence-corrected chi connectivity index (χ0v) is 9.31. The lowest BCUT2D eigenvalue weighted by molar-refractivity contribution is 0.233. The first-order valence-electron chi connectivity index (χ1n) is 5.34. The monoisotopic (exact) mass is 231 g/mol. The van der Waals surface area contributed by atoms with E-state index in [9.17, 15) is 0 Å². The molecular formula is C13H14FN3. The molecule has 1 atom stereocenters. The van der Waals surface area contributed by atoms with Crippen LogP contribution >= 0.6 is 0 Å². The van der Waals surface area contributed by atoms with E-state index in [0.29, 0.717) is 11.1 Å². The SMILES string of the molecule is NCC(F)(c1ccccc1)c1cccnc1N. The van der Waals surface area contributed by atoms with Gasteiger partial charge in [0.1, 0.15) is 5.82 Å². The van der Waals surface area contributed by atoms with Crippen LogP contribution in [-0.4, -0.2) is 11.5 Å². The summed E-state index contributed by atoms with van der Waals surface area (Å²) >= 11 is 0. The third-order valence-corrected chi connectivity index (χ3v) is 2.78. The van der Waals surface area contributed by atoms with Gasteiger partial charge in [-0.25, -0.2) is 9.37 Å². The maximum atomic E-state index is 15.0. The number of rotatable bonds is 3. The summed E-state index contributed by atoms with van der Waals surface area (Å²) in [6, 6.07) is 12.0. The minimum atomic E-state index is -1.79. The molecule has 0 saturated carbocycles. The molecule has 0 aliphatic rings. The maximum Gasteiger partial charge on any atom is 0.176 e. The van der Waals surface area contributed by atoms with Gasteiger partial charge in [-0.1, -0.05) is 36.4 Å². The predicted molar refractivity (Wildman–Crippen MR) is 66.0 cm³/mol. The maximum absolute atomic E-state index is 15.0. The van der Waals surface area contributed by atoms with Crippen LogP contribution in [0.15, 0.2) is 48.7 Å². The third-order valence-electron chi connectivity index (χ3n) is 2.78. The zero-order chi connectivity index (χ0) is 12.3. The number of aromatic nitrogens is 1. The summed E-state index contributed by atoms with van der Waals surface area (Å²) in [5.74, 6) is 0.171. The lowest BCUT2D eigenvalue weighted by Crippen LogP contribution is -2.32. The van der Waals surface area contributed by atoms with E-state index >= 15 is 4.39 Å². The Hall–Kier alpha value is -1.94. The highest BCUT2D eigenvalue weighted by atomic mass is 19.1. The fourth-order valence-electron chi connectivity index (χ4n) is 1.84. The van der Waals surface area contributed by atoms with E-state index in [-0.39, 0.29) is 12.4 Å². The number of nitrogen functional groups attached to an aromatic ring is 1. The topological polar surface area (TPSA) is 64.9 Å². The summed E-state index contributed by atoms with van der Waals surface area (Å²) < 4.78 is 15.0. The normalized spacial score (nSPS) is 14.2. The smallest absolute Gasteiger partial charge is 0.176 e. The minimum Gasteiger partial charge on any atom is -0.383 e. The van der Waals surface area contributed by atoms with Gasteiger partial charge in [0, 0.05) is 18.3 Å². The molecule has 88 valence electrons. The molecule has 1 unspecified atom stereocenters. The number of benzene rings is 1. The van der Waals surface area contributed by atoms with Crippen molar-refractivity contribution < 1.29 is 4.39 Å². The third kappa shape index (κ3) is 1.99. The van der Waals surface area contributed by atoms with Gasteiger partial charge in [-0.05, 0) is 11.6 Å². The van der Waals surface area contributed by atoms with Crippen molar-refractivity contribution in [1.29, 1.82) is 0 Å². The number of pyridine rings is 1. The average molecular weight is 231 g/mol. The second kappa shape index (κ2) is 4.51. The van der Waals surface area contributed by atoms with Crippen molar-refractivity contribution in [2.45, 2.75) is 5.67 Å². The fourth-order valence-corrected chi connectivity index (χ4v) is 1.84. The van der Waals surface area contributed by atoms with E-state index in [1.165, 1.54) is 6.20 Å². The van der Waals surface area contributed by atoms with Gasteiger partial charge in [-0.3, -0.25) is 0 Å². The van der Waals surface area contributed by atoms with Crippen LogP contribution in [0.3, 0.4) is 0 Å². The molecule has 0 aliphatic heterocycles. The van der Waals surface area contributed by atoms with E-state index < -0.39 is 5.67 Å². The first-order valence-corrected chi connectivity index (χ1v) is 5.34. The number of anilines is 1. The number of nitrogens with two attached hydrogens (primary N) is 2. The molecule has 3 nitrogen and oxygen atoms in total. The minimum absolute atomic E-state index is 0.171. The molecule has 17 heavy (non-hydrogen) atoms. The molecule has 1 aromatic carbocycles. The van der Waals surface area contributed by atoms with Gasteiger partial charge in [0.15, 0.2) is 5.67 Å². The molecular weight excluding hydrogens is 217 g/mol. The molecule has 4 heteroatoms. The van der Waals surface area contributed by atoms with Crippen molar-refractivity contribution in [1.82, 2.24) is 4.98 Å². The number of nitrogens with zero attached hydrogens (tertiary/aromatic N) is 1. The molecule has 0 spiro atoms. The van der Waals surface area contributed by atoms with Crippen LogP contribution in [0, 0.1) is 0 Å². The Kier molecular flexibility index (Phi) is 3.06. The van der Waals surface area contributed by atoms with Gasteiger partial charge in [-0.2, -0.15) is 0 Å². The predicted octanol–water partition coefficient (Wildman–Crippen LogP) is 1.84. The van der Waals surface area contributed by atoms with Gasteiger partial charge in [0.2, 0.25) is 0 Å². The van der Waals surface area contributed by atoms with Crippen LogP contribution in [-0.2, 0) is 5.67 Å². The first-order chi connectivity index (χ1) is 8.18. The van der Waals surface area contributed by atoms with E-state index in [1.54, 1.807) is 36.4 Å². The van der Waals surface area contributed by atoms with E-state index in [4.69, 9.17) is 11.5 Å². The van der Waals surface area contributed by atoms with Crippen LogP contribution < -0.4 is 11.5 Å². The van der Waals surface area contributed by atoms with Crippen molar-refractivity contribution >= 4 is 5.82 Å². The molecule has 2 rings (SSSR count). The highest BCUT2D eigenvalue weighted by Gasteiger charge is 2.34. The summed E-state index contributed by atoms with van der Waals surface area (Å²) in [6.07, 6.45) is 1.53. The summed E-state index contributed by atoms with van der Waals surface area (Å²) in [4.78, 5) is 3.90. The summed E-state index contributed by atoms with van der Waals surface area (Å²) in [5.41, 5.74) is 10.3. The molecule has 0 amide bonds. The molecule has 0 fully saturated rings. The van der Waals surface area contributed by atoms with E-state index in [0.717, 1.165) is 0 Å². The highest BCUT2D eigenvalue weighted by molar-refractivity contribution is 5.48. The van der Waals surface area contributed by atoms with Gasteiger partial charge >= 0.3 is 0 Å². The van der Waals surface area contributed by atoms with E-state index in [2.05, 4.69) is 4.98 Å². The molecule has 1 heterocycles. The van der Waals surface area contributed by atoms with Crippen LogP contribution in [0.4, 0.5) is 10.2 Å². The van der Waals surface area contributed by atoms with Crippen LogP contribution in [0.25, 0.3) is 0 Å². The lowest BCUT2D eigenvalue weighted by Gasteiger charge is -2.25. The second-order valence-electron chi connectivity index (χ2n) is 3.81. The molecule has 2 aromatic rings. The van der Waals surface area contributed by atoms with E-state index in [1.807, 2.05) is 6.07 Å². The Morgan fingerprint density at radius 3 is 2.41 bits per heavy atom. The molecule has 1 aromatic heterocycles. The largest absolute Gasteiger partial charge is 0.383 e. The van der Waals surface area contributed by atoms with Gasteiger partial charge < -0.3 is 11.5 Å². The van der Waals surface area contributed by atoms with Crippen molar-refractivity contribution in [2.24, 2.45) is 5.73 Å². The first kappa shape index (κ1) is 11.5. The van der Waals surface area contributed by atoms with Crippen molar-refractivity contribution in [3.63, 3.8) is 0 Å². The van der Waals surface area contributed by atoms with Crippen LogP contribution in [0.2, 0.25) is 0 Å². The van der Waals surface area contributed by atoms with Crippen molar-refractivity contribution in [3.8, 4) is 0 Å². The zero-order valence-electron chi connectivity index (χ0n) is 9.31. The number of hydrogen-bond acceptors (Lipinski definition) is 3.